The van der Waals surface area contributed by atoms with Crippen LogP contribution in [0.4, 0.5) is 0 Å². The van der Waals surface area contributed by atoms with Gasteiger partial charge in [0.15, 0.2) is 0 Å². The van der Waals surface area contributed by atoms with Crippen molar-refractivity contribution < 1.29 is 12.3 Å². The zero-order valence-electron chi connectivity index (χ0n) is 37.2. The quantitative estimate of drug-likeness (QED) is 0.130. The van der Waals surface area contributed by atoms with Crippen LogP contribution in [-0.2, 0) is 12.3 Å². The lowest BCUT2D eigenvalue weighted by Crippen LogP contribution is -2.79. The molecular weight excluding hydrogens is 853 g/mol. The third-order valence-corrected chi connectivity index (χ3v) is 24.7. The van der Waals surface area contributed by atoms with Crippen molar-refractivity contribution in [2.75, 3.05) is 0 Å². The summed E-state index contributed by atoms with van der Waals surface area (Å²) in [5.74, 6) is 0. The van der Waals surface area contributed by atoms with Crippen LogP contribution in [0.1, 0.15) is 22.3 Å². The third kappa shape index (κ3) is 5.77. The van der Waals surface area contributed by atoms with E-state index >= 15 is 0 Å². The molecule has 3 nitrogen and oxygen atoms in total. The fourth-order valence-corrected chi connectivity index (χ4v) is 23.4. The molecule has 0 aromatic heterocycles. The van der Waals surface area contributed by atoms with E-state index in [9.17, 15) is 0 Å². The van der Waals surface area contributed by atoms with Crippen LogP contribution < -0.4 is 20.7 Å². The average Bonchev–Trinajstić information content (AvgIpc) is 3.35. The largest absolute Gasteiger partial charge is 0.414 e. The lowest BCUT2D eigenvalue weighted by Gasteiger charge is -2.47. The van der Waals surface area contributed by atoms with Gasteiger partial charge < -0.3 is 12.3 Å². The zero-order valence-corrected chi connectivity index (χ0v) is 40.2. The number of benzene rings is 12. The minimum atomic E-state index is -3.89. The molecule has 0 aliphatic carbocycles. The Morgan fingerprint density at radius 3 is 1.15 bits per heavy atom. The number of hydrogen-bond donors (Lipinski definition) is 0. The second-order valence-electron chi connectivity index (χ2n) is 18.2. The molecule has 13 rings (SSSR count). The third-order valence-electron chi connectivity index (χ3n) is 14.7. The van der Waals surface area contributed by atoms with Gasteiger partial charge in [-0.15, -0.1) is 0 Å². The minimum Gasteiger partial charge on any atom is -0.407 e. The second-order valence-corrected chi connectivity index (χ2v) is 25.4. The summed E-state index contributed by atoms with van der Waals surface area (Å²) in [5, 5.41) is 23.5. The Balaban J connectivity index is 1.22. The molecule has 6 heteroatoms. The van der Waals surface area contributed by atoms with E-state index in [0.717, 1.165) is 47.9 Å². The number of hydrogen-bond acceptors (Lipinski definition) is 3. The van der Waals surface area contributed by atoms with Crippen molar-refractivity contribution in [2.24, 2.45) is 0 Å². The summed E-state index contributed by atoms with van der Waals surface area (Å²) in [7, 11) is -8.03. The molecule has 66 heavy (non-hydrogen) atoms. The van der Waals surface area contributed by atoms with E-state index in [0.29, 0.717) is 0 Å². The van der Waals surface area contributed by atoms with Gasteiger partial charge in [-0.1, -0.05) is 152 Å². The predicted molar refractivity (Wildman–Crippen MR) is 284 cm³/mol. The fraction of sp³-hybridized carbons (Fsp3) is 0.0667. The van der Waals surface area contributed by atoms with Gasteiger partial charge in [-0.05, 0) is 179 Å². The number of fused-ring (bicyclic) bond motifs is 8. The van der Waals surface area contributed by atoms with Gasteiger partial charge >= 0.3 is 27.1 Å². The molecule has 1 atom stereocenters. The molecule has 12 aromatic carbocycles. The van der Waals surface area contributed by atoms with Gasteiger partial charge in [0.1, 0.15) is 0 Å². The van der Waals surface area contributed by atoms with Crippen molar-refractivity contribution >= 4 is 134 Å². The summed E-state index contributed by atoms with van der Waals surface area (Å²) in [4.78, 5) is 0. The SMILES string of the molecule is Cc1c(C)c(C)c2c(C)c3ccccc3cc2c1[Si]1(c2cccc3cc4ccccc4cc23)O[Si]O[Si](c2cccc3cc4ccccc4cc23)(c2cccc3cc4ccccc4cc23)O1. The maximum absolute atomic E-state index is 8.74. The molecule has 1 aliphatic rings. The summed E-state index contributed by atoms with van der Waals surface area (Å²) in [6.45, 7) is 9.18. The van der Waals surface area contributed by atoms with E-state index in [1.165, 1.54) is 81.3 Å². The average molecular weight is 897 g/mol. The van der Waals surface area contributed by atoms with Crippen molar-refractivity contribution in [3.05, 3.63) is 216 Å². The summed E-state index contributed by atoms with van der Waals surface area (Å²) in [6.07, 6.45) is 0. The number of rotatable bonds is 4. The highest BCUT2D eigenvalue weighted by molar-refractivity contribution is 7.10. The van der Waals surface area contributed by atoms with E-state index < -0.39 is 17.1 Å². The summed E-state index contributed by atoms with van der Waals surface area (Å²) in [5.41, 5.74) is 5.04. The number of aryl methyl sites for hydroxylation is 2. The molecule has 0 amide bonds. The molecule has 1 saturated heterocycles. The molecule has 314 valence electrons. The van der Waals surface area contributed by atoms with Crippen molar-refractivity contribution in [3.8, 4) is 0 Å². The molecule has 12 aromatic rings. The van der Waals surface area contributed by atoms with Gasteiger partial charge in [0.2, 0.25) is 0 Å². The molecule has 1 aliphatic heterocycles. The van der Waals surface area contributed by atoms with Crippen molar-refractivity contribution in [3.63, 3.8) is 0 Å². The molecule has 0 bridgehead atoms. The van der Waals surface area contributed by atoms with Crippen LogP contribution >= 0.6 is 0 Å². The molecule has 1 fully saturated rings. The molecular formula is C60H44O3Si3. The Morgan fingerprint density at radius 1 is 0.303 bits per heavy atom. The van der Waals surface area contributed by atoms with Crippen LogP contribution in [0.15, 0.2) is 194 Å². The van der Waals surface area contributed by atoms with Gasteiger partial charge in [0.05, 0.1) is 0 Å². The Hall–Kier alpha value is -6.75. The fourth-order valence-electron chi connectivity index (χ4n) is 11.3. The van der Waals surface area contributed by atoms with Gasteiger partial charge in [-0.2, -0.15) is 0 Å². The van der Waals surface area contributed by atoms with Crippen LogP contribution in [0.5, 0.6) is 0 Å². The van der Waals surface area contributed by atoms with Gasteiger partial charge in [-0.25, -0.2) is 0 Å². The molecule has 1 unspecified atom stereocenters. The highest BCUT2D eigenvalue weighted by Gasteiger charge is 2.60. The smallest absolute Gasteiger partial charge is 0.407 e. The highest BCUT2D eigenvalue weighted by Crippen LogP contribution is 2.38. The van der Waals surface area contributed by atoms with Gasteiger partial charge in [0, 0.05) is 20.7 Å². The Bertz CT molecular complexity index is 3910. The molecule has 0 spiro atoms. The van der Waals surface area contributed by atoms with E-state index in [1.807, 2.05) is 0 Å². The summed E-state index contributed by atoms with van der Waals surface area (Å²) in [6, 6.07) is 71.5. The van der Waals surface area contributed by atoms with Crippen molar-refractivity contribution in [1.29, 1.82) is 0 Å². The lowest BCUT2D eigenvalue weighted by molar-refractivity contribution is 0.293. The van der Waals surface area contributed by atoms with E-state index in [1.54, 1.807) is 0 Å². The van der Waals surface area contributed by atoms with Gasteiger partial charge in [0.25, 0.3) is 0 Å². The topological polar surface area (TPSA) is 27.7 Å². The highest BCUT2D eigenvalue weighted by atomic mass is 28.5. The summed E-state index contributed by atoms with van der Waals surface area (Å²) >= 11 is 0. The van der Waals surface area contributed by atoms with E-state index in [4.69, 9.17) is 12.3 Å². The maximum Gasteiger partial charge on any atom is 0.414 e. The van der Waals surface area contributed by atoms with Crippen LogP contribution in [0, 0.1) is 27.7 Å². The first-order valence-electron chi connectivity index (χ1n) is 22.8. The predicted octanol–water partition coefficient (Wildman–Crippen LogP) is 12.6. The van der Waals surface area contributed by atoms with Crippen LogP contribution in [0.3, 0.4) is 0 Å². The monoisotopic (exact) mass is 896 g/mol. The molecule has 0 N–H and O–H groups in total. The minimum absolute atomic E-state index is 0.298. The van der Waals surface area contributed by atoms with E-state index in [-0.39, 0.29) is 10.0 Å². The van der Waals surface area contributed by atoms with Crippen LogP contribution in [0.25, 0.3) is 86.2 Å². The first kappa shape index (κ1) is 39.6. The van der Waals surface area contributed by atoms with Crippen LogP contribution in [0.2, 0.25) is 0 Å². The lowest BCUT2D eigenvalue weighted by atomic mass is 9.90. The summed E-state index contributed by atoms with van der Waals surface area (Å²) < 4.78 is 24.1. The molecule has 1 heterocycles. The first-order valence-corrected chi connectivity index (χ1v) is 27.3. The van der Waals surface area contributed by atoms with E-state index in [2.05, 4.69) is 222 Å². The molecule has 2 radical (unpaired) electrons. The van der Waals surface area contributed by atoms with Crippen LogP contribution in [-0.4, -0.2) is 27.1 Å². The van der Waals surface area contributed by atoms with Gasteiger partial charge in [-0.3, -0.25) is 0 Å². The Morgan fingerprint density at radius 2 is 0.667 bits per heavy atom. The standard InChI is InChI=1S/C60H44O3Si3/c1-37-38(2)59-40(4)51-26-12-11-22-50(51)36-55(59)60(39(37)3)66(58-29-15-25-49-32-43-18-7-10-21-46(43)35-54(49)58)62-64-61-65(63-66,56-27-13-23-47-30-41-16-5-8-19-44(41)33-52(47)56)57-28-14-24-48-31-42-17-6-9-20-45(42)34-53(48)57/h5-36H,1-4H3. The zero-order chi connectivity index (χ0) is 44.3. The van der Waals surface area contributed by atoms with Crippen molar-refractivity contribution in [1.82, 2.24) is 0 Å². The Kier molecular flexibility index (Phi) is 8.93. The maximum atomic E-state index is 8.74. The Labute approximate surface area is 388 Å². The normalized spacial score (nSPS) is 16.4. The first-order chi connectivity index (χ1) is 32.3. The molecule has 0 saturated carbocycles. The second kappa shape index (κ2) is 14.9. The van der Waals surface area contributed by atoms with Crippen molar-refractivity contribution in [2.45, 2.75) is 27.7 Å².